The van der Waals surface area contributed by atoms with Gasteiger partial charge in [0.2, 0.25) is 0 Å². The Bertz CT molecular complexity index is 913. The molecule has 0 atom stereocenters. The average Bonchev–Trinajstić information content (AvgIpc) is 3.06. The van der Waals surface area contributed by atoms with Crippen LogP contribution in [-0.2, 0) is 23.6 Å². The first-order chi connectivity index (χ1) is 10.9. The Kier molecular flexibility index (Phi) is 3.91. The molecule has 120 valence electrons. The molecule has 0 saturated heterocycles. The minimum Gasteiger partial charge on any atom is -0.276 e. The predicted octanol–water partition coefficient (Wildman–Crippen LogP) is 1.77. The number of anilines is 1. The molecule has 0 unspecified atom stereocenters. The van der Waals surface area contributed by atoms with Crippen molar-refractivity contribution >= 4 is 15.7 Å². The van der Waals surface area contributed by atoms with Crippen molar-refractivity contribution in [2.45, 2.75) is 18.4 Å². The van der Waals surface area contributed by atoms with Gasteiger partial charge in [-0.1, -0.05) is 30.3 Å². The van der Waals surface area contributed by atoms with Crippen molar-refractivity contribution in [3.63, 3.8) is 0 Å². The zero-order valence-electron chi connectivity index (χ0n) is 12.8. The summed E-state index contributed by atoms with van der Waals surface area (Å²) in [6, 6.07) is 9.83. The fraction of sp³-hybridized carbons (Fsp3) is 0.200. The number of nitrogens with one attached hydrogen (secondary N) is 1. The second-order valence-electron chi connectivity index (χ2n) is 5.27. The van der Waals surface area contributed by atoms with Crippen LogP contribution in [0, 0.1) is 6.92 Å². The number of nitrogens with zero attached hydrogens (tertiary/aromatic N) is 4. The highest BCUT2D eigenvalue weighted by Crippen LogP contribution is 2.18. The van der Waals surface area contributed by atoms with Crippen molar-refractivity contribution in [1.82, 2.24) is 19.6 Å². The van der Waals surface area contributed by atoms with Gasteiger partial charge < -0.3 is 0 Å². The summed E-state index contributed by atoms with van der Waals surface area (Å²) in [7, 11) is -1.98. The molecular formula is C15H17N5O2S. The molecule has 0 radical (unpaired) electrons. The van der Waals surface area contributed by atoms with Gasteiger partial charge in [0.15, 0.2) is 0 Å². The van der Waals surface area contributed by atoms with Crippen LogP contribution in [0.5, 0.6) is 0 Å². The van der Waals surface area contributed by atoms with Crippen LogP contribution >= 0.6 is 0 Å². The molecule has 0 amide bonds. The topological polar surface area (TPSA) is 81.8 Å². The molecule has 7 nitrogen and oxygen atoms in total. The molecule has 0 spiro atoms. The van der Waals surface area contributed by atoms with E-state index in [1.165, 1.54) is 17.1 Å². The van der Waals surface area contributed by atoms with Gasteiger partial charge in [0, 0.05) is 19.4 Å². The molecule has 0 aliphatic heterocycles. The van der Waals surface area contributed by atoms with Gasteiger partial charge in [-0.2, -0.15) is 10.2 Å². The molecule has 1 aromatic carbocycles. The standard InChI is InChI=1S/C15H17N5O2S/c1-12-15(11-19(2)17-12)23(21,22)18-14-8-16-20(10-14)9-13-6-4-3-5-7-13/h3-8,10-11,18H,9H2,1-2H3. The fourth-order valence-corrected chi connectivity index (χ4v) is 3.57. The maximum atomic E-state index is 12.4. The lowest BCUT2D eigenvalue weighted by Gasteiger charge is -2.04. The molecule has 8 heteroatoms. The Labute approximate surface area is 134 Å². The van der Waals surface area contributed by atoms with Crippen molar-refractivity contribution in [3.05, 3.63) is 60.2 Å². The quantitative estimate of drug-likeness (QED) is 0.772. The summed E-state index contributed by atoms with van der Waals surface area (Å²) in [5, 5.41) is 8.24. The van der Waals surface area contributed by atoms with Crippen LogP contribution < -0.4 is 4.72 Å². The van der Waals surface area contributed by atoms with Crippen LogP contribution in [0.1, 0.15) is 11.3 Å². The van der Waals surface area contributed by atoms with Gasteiger partial charge in [0.25, 0.3) is 10.0 Å². The van der Waals surface area contributed by atoms with Crippen LogP contribution in [0.25, 0.3) is 0 Å². The summed E-state index contributed by atoms with van der Waals surface area (Å²) in [5.74, 6) is 0. The average molecular weight is 331 g/mol. The lowest BCUT2D eigenvalue weighted by molar-refractivity contribution is 0.600. The zero-order valence-corrected chi connectivity index (χ0v) is 13.7. The highest BCUT2D eigenvalue weighted by molar-refractivity contribution is 7.92. The Hall–Kier alpha value is -2.61. The maximum Gasteiger partial charge on any atom is 0.265 e. The van der Waals surface area contributed by atoms with E-state index in [4.69, 9.17) is 0 Å². The van der Waals surface area contributed by atoms with Gasteiger partial charge in [-0.3, -0.25) is 14.1 Å². The normalized spacial score (nSPS) is 11.6. The highest BCUT2D eigenvalue weighted by atomic mass is 32.2. The monoisotopic (exact) mass is 331 g/mol. The molecule has 0 saturated carbocycles. The molecule has 0 bridgehead atoms. The summed E-state index contributed by atoms with van der Waals surface area (Å²) < 4.78 is 30.5. The largest absolute Gasteiger partial charge is 0.276 e. The van der Waals surface area contributed by atoms with E-state index in [9.17, 15) is 8.42 Å². The summed E-state index contributed by atoms with van der Waals surface area (Å²) >= 11 is 0. The zero-order chi connectivity index (χ0) is 16.4. The molecular weight excluding hydrogens is 314 g/mol. The summed E-state index contributed by atoms with van der Waals surface area (Å²) in [6.07, 6.45) is 4.63. The van der Waals surface area contributed by atoms with Crippen molar-refractivity contribution in [1.29, 1.82) is 0 Å². The number of hydrogen-bond donors (Lipinski definition) is 1. The maximum absolute atomic E-state index is 12.4. The van der Waals surface area contributed by atoms with E-state index in [0.29, 0.717) is 17.9 Å². The molecule has 23 heavy (non-hydrogen) atoms. The molecule has 0 aliphatic carbocycles. The molecule has 0 fully saturated rings. The first-order valence-electron chi connectivity index (χ1n) is 7.03. The van der Waals surface area contributed by atoms with Gasteiger partial charge in [-0.05, 0) is 12.5 Å². The van der Waals surface area contributed by atoms with E-state index in [2.05, 4.69) is 14.9 Å². The smallest absolute Gasteiger partial charge is 0.265 e. The number of benzene rings is 1. The molecule has 0 aliphatic rings. The molecule has 1 N–H and O–H groups in total. The van der Waals surface area contributed by atoms with E-state index in [-0.39, 0.29) is 4.90 Å². The van der Waals surface area contributed by atoms with Gasteiger partial charge in [-0.15, -0.1) is 0 Å². The van der Waals surface area contributed by atoms with E-state index in [1.54, 1.807) is 24.9 Å². The lowest BCUT2D eigenvalue weighted by atomic mass is 10.2. The first-order valence-corrected chi connectivity index (χ1v) is 8.52. The molecule has 3 aromatic rings. The minimum absolute atomic E-state index is 0.163. The molecule has 2 aromatic heterocycles. The van der Waals surface area contributed by atoms with Gasteiger partial charge >= 0.3 is 0 Å². The van der Waals surface area contributed by atoms with Gasteiger partial charge in [-0.25, -0.2) is 8.42 Å². The van der Waals surface area contributed by atoms with Crippen molar-refractivity contribution in [3.8, 4) is 0 Å². The number of sulfonamides is 1. The van der Waals surface area contributed by atoms with E-state index in [1.807, 2.05) is 30.3 Å². The summed E-state index contributed by atoms with van der Waals surface area (Å²) in [4.78, 5) is 0.163. The second kappa shape index (κ2) is 5.88. The number of rotatable bonds is 5. The van der Waals surface area contributed by atoms with Gasteiger partial charge in [0.05, 0.1) is 24.1 Å². The van der Waals surface area contributed by atoms with E-state index in [0.717, 1.165) is 5.56 Å². The number of aromatic nitrogens is 4. The Morgan fingerprint density at radius 3 is 2.57 bits per heavy atom. The van der Waals surface area contributed by atoms with Crippen LogP contribution in [0.3, 0.4) is 0 Å². The molecule has 2 heterocycles. The summed E-state index contributed by atoms with van der Waals surface area (Å²) in [6.45, 7) is 2.24. The van der Waals surface area contributed by atoms with Crippen molar-refractivity contribution < 1.29 is 8.42 Å². The van der Waals surface area contributed by atoms with E-state index >= 15 is 0 Å². The van der Waals surface area contributed by atoms with Crippen LogP contribution in [-0.4, -0.2) is 28.0 Å². The Morgan fingerprint density at radius 1 is 1.17 bits per heavy atom. The number of aryl methyl sites for hydroxylation is 2. The third kappa shape index (κ3) is 3.42. The van der Waals surface area contributed by atoms with Crippen molar-refractivity contribution in [2.75, 3.05) is 4.72 Å². The third-order valence-corrected chi connectivity index (χ3v) is 4.82. The Balaban J connectivity index is 1.77. The van der Waals surface area contributed by atoms with Gasteiger partial charge in [0.1, 0.15) is 4.90 Å². The van der Waals surface area contributed by atoms with Crippen LogP contribution in [0.4, 0.5) is 5.69 Å². The fourth-order valence-electron chi connectivity index (χ4n) is 2.33. The lowest BCUT2D eigenvalue weighted by Crippen LogP contribution is -2.13. The number of hydrogen-bond acceptors (Lipinski definition) is 4. The first kappa shape index (κ1) is 15.3. The van der Waals surface area contributed by atoms with Crippen LogP contribution in [0.2, 0.25) is 0 Å². The highest BCUT2D eigenvalue weighted by Gasteiger charge is 2.20. The van der Waals surface area contributed by atoms with Crippen molar-refractivity contribution in [2.24, 2.45) is 7.05 Å². The second-order valence-corrected chi connectivity index (χ2v) is 6.92. The summed E-state index contributed by atoms with van der Waals surface area (Å²) in [5.41, 5.74) is 1.97. The molecule has 3 rings (SSSR count). The Morgan fingerprint density at radius 2 is 1.91 bits per heavy atom. The minimum atomic E-state index is -3.67. The SMILES string of the molecule is Cc1nn(C)cc1S(=O)(=O)Nc1cnn(Cc2ccccc2)c1. The third-order valence-electron chi connectivity index (χ3n) is 3.33. The van der Waals surface area contributed by atoms with Crippen LogP contribution in [0.15, 0.2) is 53.8 Å². The van der Waals surface area contributed by atoms with E-state index < -0.39 is 10.0 Å². The predicted molar refractivity (Wildman–Crippen MR) is 86.5 cm³/mol.